The molecule has 0 radical (unpaired) electrons. The minimum atomic E-state index is -0.841. The van der Waals surface area contributed by atoms with E-state index in [-0.39, 0.29) is 17.8 Å². The minimum absolute atomic E-state index is 0.0991. The van der Waals surface area contributed by atoms with Crippen molar-refractivity contribution >= 4 is 34.8 Å². The highest BCUT2D eigenvalue weighted by atomic mass is 35.5. The summed E-state index contributed by atoms with van der Waals surface area (Å²) in [6, 6.07) is 4.02. The van der Waals surface area contributed by atoms with Gasteiger partial charge >= 0.3 is 0 Å². The molecule has 1 aromatic heterocycles. The van der Waals surface area contributed by atoms with Crippen LogP contribution in [0.2, 0.25) is 0 Å². The monoisotopic (exact) mass is 321 g/mol. The van der Waals surface area contributed by atoms with Gasteiger partial charge in [0.1, 0.15) is 0 Å². The molecule has 0 saturated carbocycles. The van der Waals surface area contributed by atoms with Gasteiger partial charge in [-0.2, -0.15) is 0 Å². The molecule has 0 bridgehead atoms. The Bertz CT molecular complexity index is 678. The second-order valence-corrected chi connectivity index (χ2v) is 7.07. The number of hydrogen-bond acceptors (Lipinski definition) is 3. The second-order valence-electron chi connectivity index (χ2n) is 5.47. The molecule has 110 valence electrons. The Labute approximate surface area is 132 Å². The van der Waals surface area contributed by atoms with Gasteiger partial charge in [0.15, 0.2) is 11.5 Å². The van der Waals surface area contributed by atoms with Gasteiger partial charge in [-0.15, -0.1) is 11.3 Å². The Morgan fingerprint density at radius 3 is 2.90 bits per heavy atom. The van der Waals surface area contributed by atoms with E-state index in [0.29, 0.717) is 0 Å². The summed E-state index contributed by atoms with van der Waals surface area (Å²) in [5.74, 6) is 0.303. The third-order valence-corrected chi connectivity index (χ3v) is 5.68. The van der Waals surface area contributed by atoms with Gasteiger partial charge in [0.25, 0.3) is 5.91 Å². The fourth-order valence-electron chi connectivity index (χ4n) is 2.63. The molecule has 1 saturated heterocycles. The smallest absolute Gasteiger partial charge is 0.259 e. The molecule has 2 unspecified atom stereocenters. The van der Waals surface area contributed by atoms with E-state index in [1.165, 1.54) is 9.78 Å². The van der Waals surface area contributed by atoms with E-state index in [0.717, 1.165) is 16.3 Å². The maximum absolute atomic E-state index is 12.4. The fourth-order valence-corrected chi connectivity index (χ4v) is 4.06. The number of guanidine groups is 1. The highest BCUT2D eigenvalue weighted by Gasteiger charge is 2.46. The first-order valence-electron chi connectivity index (χ1n) is 6.70. The average molecular weight is 322 g/mol. The molecule has 21 heavy (non-hydrogen) atoms. The summed E-state index contributed by atoms with van der Waals surface area (Å²) in [6.07, 6.45) is 6.81. The number of thiophene rings is 1. The molecule has 1 aliphatic heterocycles. The third-order valence-electron chi connectivity index (χ3n) is 3.96. The molecule has 2 atom stereocenters. The van der Waals surface area contributed by atoms with E-state index in [1.54, 1.807) is 18.4 Å². The number of rotatable bonds is 2. The Balaban J connectivity index is 1.89. The van der Waals surface area contributed by atoms with Gasteiger partial charge in [-0.05, 0) is 31.6 Å². The zero-order valence-electron chi connectivity index (χ0n) is 11.8. The standard InChI is InChI=1S/C15H16ClN3OS/c1-15(13(20)19(2)14(17)18-15)12-7-6-11(21-12)9-4-3-5-10(16)8-9/h3-7,9H,8H2,1-2H3,(H2,17,18). The van der Waals surface area contributed by atoms with Gasteiger partial charge in [0.05, 0.1) is 0 Å². The Hall–Kier alpha value is -1.59. The molecule has 2 N–H and O–H groups in total. The van der Waals surface area contributed by atoms with E-state index >= 15 is 0 Å². The van der Waals surface area contributed by atoms with Crippen LogP contribution in [0.3, 0.4) is 0 Å². The lowest BCUT2D eigenvalue weighted by Crippen LogP contribution is -2.39. The Morgan fingerprint density at radius 2 is 2.29 bits per heavy atom. The predicted molar refractivity (Wildman–Crippen MR) is 85.7 cm³/mol. The van der Waals surface area contributed by atoms with Crippen molar-refractivity contribution in [3.05, 3.63) is 45.1 Å². The molecule has 1 fully saturated rings. The Morgan fingerprint density at radius 1 is 1.52 bits per heavy atom. The number of hydrogen-bond donors (Lipinski definition) is 2. The van der Waals surface area contributed by atoms with Crippen molar-refractivity contribution in [2.45, 2.75) is 24.8 Å². The molecular formula is C15H16ClN3OS. The van der Waals surface area contributed by atoms with E-state index in [1.807, 2.05) is 31.2 Å². The number of carbonyl (C=O) groups excluding carboxylic acids is 1. The van der Waals surface area contributed by atoms with Crippen LogP contribution in [0.4, 0.5) is 0 Å². The van der Waals surface area contributed by atoms with Crippen LogP contribution < -0.4 is 5.32 Å². The lowest BCUT2D eigenvalue weighted by molar-refractivity contribution is -0.129. The first kappa shape index (κ1) is 14.4. The summed E-state index contributed by atoms with van der Waals surface area (Å²) in [7, 11) is 1.62. The maximum atomic E-state index is 12.4. The summed E-state index contributed by atoms with van der Waals surface area (Å²) < 4.78 is 0. The highest BCUT2D eigenvalue weighted by Crippen LogP contribution is 2.39. The number of carbonyl (C=O) groups is 1. The molecule has 3 rings (SSSR count). The average Bonchev–Trinajstić information content (AvgIpc) is 3.01. The first-order valence-corrected chi connectivity index (χ1v) is 7.89. The van der Waals surface area contributed by atoms with Crippen LogP contribution in [0.25, 0.3) is 0 Å². The SMILES string of the molecule is CN1C(=N)NC(C)(c2ccc(C3C=CC=C(Cl)C3)s2)C1=O. The van der Waals surface area contributed by atoms with E-state index in [4.69, 9.17) is 17.0 Å². The zero-order valence-corrected chi connectivity index (χ0v) is 13.4. The van der Waals surface area contributed by atoms with Crippen LogP contribution in [0.1, 0.15) is 29.0 Å². The molecule has 1 amide bonds. The number of nitrogens with one attached hydrogen (secondary N) is 2. The van der Waals surface area contributed by atoms with E-state index < -0.39 is 5.54 Å². The molecule has 0 spiro atoms. The fraction of sp³-hybridized carbons (Fsp3) is 0.333. The largest absolute Gasteiger partial charge is 0.338 e. The van der Waals surface area contributed by atoms with Crippen LogP contribution in [0.15, 0.2) is 35.4 Å². The quantitative estimate of drug-likeness (QED) is 0.879. The number of allylic oxidation sites excluding steroid dienone is 4. The van der Waals surface area contributed by atoms with Crippen LogP contribution >= 0.6 is 22.9 Å². The maximum Gasteiger partial charge on any atom is 0.259 e. The van der Waals surface area contributed by atoms with Gasteiger partial charge in [-0.1, -0.05) is 23.8 Å². The molecule has 6 heteroatoms. The summed E-state index contributed by atoms with van der Waals surface area (Å²) in [4.78, 5) is 15.8. The van der Waals surface area contributed by atoms with Crippen molar-refractivity contribution in [2.75, 3.05) is 7.05 Å². The molecule has 4 nitrogen and oxygen atoms in total. The highest BCUT2D eigenvalue weighted by molar-refractivity contribution is 7.12. The molecular weight excluding hydrogens is 306 g/mol. The van der Waals surface area contributed by atoms with Crippen molar-refractivity contribution < 1.29 is 4.79 Å². The van der Waals surface area contributed by atoms with Crippen LogP contribution in [0.5, 0.6) is 0 Å². The minimum Gasteiger partial charge on any atom is -0.338 e. The third kappa shape index (κ3) is 2.30. The van der Waals surface area contributed by atoms with E-state index in [2.05, 4.69) is 11.4 Å². The van der Waals surface area contributed by atoms with Gasteiger partial charge < -0.3 is 5.32 Å². The number of nitrogens with zero attached hydrogens (tertiary/aromatic N) is 1. The zero-order chi connectivity index (χ0) is 15.2. The predicted octanol–water partition coefficient (Wildman–Crippen LogP) is 3.13. The molecule has 1 aliphatic carbocycles. The van der Waals surface area contributed by atoms with Crippen molar-refractivity contribution in [1.29, 1.82) is 5.41 Å². The topological polar surface area (TPSA) is 56.2 Å². The van der Waals surface area contributed by atoms with Crippen molar-refractivity contribution in [3.63, 3.8) is 0 Å². The van der Waals surface area contributed by atoms with E-state index in [9.17, 15) is 4.79 Å². The van der Waals surface area contributed by atoms with Crippen LogP contribution in [0, 0.1) is 5.41 Å². The van der Waals surface area contributed by atoms with Gasteiger partial charge in [-0.25, -0.2) is 0 Å². The summed E-state index contributed by atoms with van der Waals surface area (Å²) >= 11 is 7.70. The molecule has 2 heterocycles. The van der Waals surface area contributed by atoms with Crippen molar-refractivity contribution in [2.24, 2.45) is 0 Å². The first-order chi connectivity index (χ1) is 9.91. The van der Waals surface area contributed by atoms with Crippen molar-refractivity contribution in [3.8, 4) is 0 Å². The second kappa shape index (κ2) is 5.00. The number of likely N-dealkylation sites (N-methyl/N-ethyl adjacent to an activating group) is 1. The van der Waals surface area contributed by atoms with Crippen LogP contribution in [-0.4, -0.2) is 23.8 Å². The normalized spacial score (nSPS) is 28.8. The van der Waals surface area contributed by atoms with Crippen LogP contribution in [-0.2, 0) is 10.3 Å². The van der Waals surface area contributed by atoms with Crippen molar-refractivity contribution in [1.82, 2.24) is 10.2 Å². The molecule has 1 aromatic rings. The summed E-state index contributed by atoms with van der Waals surface area (Å²) in [6.45, 7) is 1.83. The molecule has 2 aliphatic rings. The van der Waals surface area contributed by atoms with Gasteiger partial charge in [-0.3, -0.25) is 15.1 Å². The lowest BCUT2D eigenvalue weighted by Gasteiger charge is -2.20. The Kier molecular flexibility index (Phi) is 3.42. The summed E-state index contributed by atoms with van der Waals surface area (Å²) in [5, 5.41) is 11.6. The molecule has 0 aromatic carbocycles. The van der Waals surface area contributed by atoms with Gasteiger partial charge in [0, 0.05) is 27.8 Å². The lowest BCUT2D eigenvalue weighted by atomic mass is 9.98. The summed E-state index contributed by atoms with van der Waals surface area (Å²) in [5.41, 5.74) is -0.841. The number of amides is 1. The number of halogens is 1. The van der Waals surface area contributed by atoms with Gasteiger partial charge in [0.2, 0.25) is 0 Å².